The van der Waals surface area contributed by atoms with Crippen molar-refractivity contribution in [3.8, 4) is 6.07 Å². The summed E-state index contributed by atoms with van der Waals surface area (Å²) in [5.41, 5.74) is 0. The normalized spacial score (nSPS) is 23.9. The zero-order chi connectivity index (χ0) is 11.5. The molecule has 0 aromatic heterocycles. The maximum Gasteiger partial charge on any atom is 0.225 e. The van der Waals surface area contributed by atoms with Gasteiger partial charge >= 0.3 is 0 Å². The summed E-state index contributed by atoms with van der Waals surface area (Å²) in [4.78, 5) is 16.2. The van der Waals surface area contributed by atoms with Crippen LogP contribution in [0.25, 0.3) is 0 Å². The summed E-state index contributed by atoms with van der Waals surface area (Å²) in [6, 6.07) is 2.15. The fourth-order valence-electron chi connectivity index (χ4n) is 2.31. The summed E-state index contributed by atoms with van der Waals surface area (Å²) in [5, 5.41) is 8.59. The Labute approximate surface area is 96.8 Å². The van der Waals surface area contributed by atoms with Crippen LogP contribution >= 0.6 is 0 Å². The molecule has 0 radical (unpaired) electrons. The van der Waals surface area contributed by atoms with E-state index in [-0.39, 0.29) is 5.92 Å². The molecule has 0 aromatic rings. The molecule has 0 spiro atoms. The third-order valence-electron chi connectivity index (χ3n) is 3.70. The van der Waals surface area contributed by atoms with Crippen LogP contribution in [-0.2, 0) is 4.79 Å². The lowest BCUT2D eigenvalue weighted by Gasteiger charge is -2.34. The van der Waals surface area contributed by atoms with Crippen molar-refractivity contribution in [3.63, 3.8) is 0 Å². The minimum absolute atomic E-state index is 0.211. The van der Waals surface area contributed by atoms with Gasteiger partial charge in [0.15, 0.2) is 0 Å². The Morgan fingerprint density at radius 3 is 2.50 bits per heavy atom. The number of carbonyl (C=O) groups is 1. The van der Waals surface area contributed by atoms with Gasteiger partial charge in [0.1, 0.15) is 0 Å². The molecule has 2 fully saturated rings. The van der Waals surface area contributed by atoms with Crippen LogP contribution in [0.2, 0.25) is 0 Å². The summed E-state index contributed by atoms with van der Waals surface area (Å²) < 4.78 is 0. The lowest BCUT2D eigenvalue weighted by molar-refractivity contribution is -0.137. The molecule has 1 saturated carbocycles. The first kappa shape index (κ1) is 11.4. The van der Waals surface area contributed by atoms with Gasteiger partial charge in [-0.15, -0.1) is 0 Å². The molecule has 16 heavy (non-hydrogen) atoms. The molecule has 0 bridgehead atoms. The summed E-state index contributed by atoms with van der Waals surface area (Å²) in [6.45, 7) is 5.81. The van der Waals surface area contributed by atoms with Crippen LogP contribution in [-0.4, -0.2) is 48.4 Å². The minimum Gasteiger partial charge on any atom is -0.340 e. The number of piperazine rings is 1. The SMILES string of the molecule is CC(C(=O)N1CCN(CC#N)CC1)C1CC1. The van der Waals surface area contributed by atoms with Crippen LogP contribution in [0.5, 0.6) is 0 Å². The fourth-order valence-corrected chi connectivity index (χ4v) is 2.31. The number of carbonyl (C=O) groups excluding carboxylic acids is 1. The number of rotatable bonds is 3. The van der Waals surface area contributed by atoms with Crippen LogP contribution in [0, 0.1) is 23.2 Å². The monoisotopic (exact) mass is 221 g/mol. The first-order valence-electron chi connectivity index (χ1n) is 6.10. The Bertz CT molecular complexity index is 298. The Morgan fingerprint density at radius 2 is 2.00 bits per heavy atom. The maximum absolute atomic E-state index is 12.1. The second-order valence-corrected chi connectivity index (χ2v) is 4.89. The predicted octanol–water partition coefficient (Wildman–Crippen LogP) is 0.700. The minimum atomic E-state index is 0.211. The van der Waals surface area contributed by atoms with E-state index in [0.717, 1.165) is 26.2 Å². The van der Waals surface area contributed by atoms with Crippen molar-refractivity contribution >= 4 is 5.91 Å². The van der Waals surface area contributed by atoms with Gasteiger partial charge in [-0.25, -0.2) is 0 Å². The summed E-state index contributed by atoms with van der Waals surface area (Å²) in [5.74, 6) is 1.17. The molecular formula is C12H19N3O. The molecule has 1 aliphatic heterocycles. The average Bonchev–Trinajstić information content (AvgIpc) is 3.12. The molecular weight excluding hydrogens is 202 g/mol. The summed E-state index contributed by atoms with van der Waals surface area (Å²) in [6.07, 6.45) is 2.45. The van der Waals surface area contributed by atoms with E-state index in [1.165, 1.54) is 12.8 Å². The summed E-state index contributed by atoms with van der Waals surface area (Å²) >= 11 is 0. The highest BCUT2D eigenvalue weighted by atomic mass is 16.2. The molecule has 0 N–H and O–H groups in total. The third-order valence-corrected chi connectivity index (χ3v) is 3.70. The average molecular weight is 221 g/mol. The Kier molecular flexibility index (Phi) is 3.45. The lowest BCUT2D eigenvalue weighted by atomic mass is 10.0. The third kappa shape index (κ3) is 2.53. The highest BCUT2D eigenvalue weighted by Crippen LogP contribution is 2.37. The van der Waals surface area contributed by atoms with Crippen molar-refractivity contribution in [1.29, 1.82) is 5.26 Å². The Morgan fingerprint density at radius 1 is 1.38 bits per heavy atom. The quantitative estimate of drug-likeness (QED) is 0.659. The fraction of sp³-hybridized carbons (Fsp3) is 0.833. The van der Waals surface area contributed by atoms with E-state index in [1.54, 1.807) is 0 Å². The van der Waals surface area contributed by atoms with E-state index >= 15 is 0 Å². The maximum atomic E-state index is 12.1. The van der Waals surface area contributed by atoms with Crippen molar-refractivity contribution in [1.82, 2.24) is 9.80 Å². The molecule has 1 unspecified atom stereocenters. The van der Waals surface area contributed by atoms with Crippen molar-refractivity contribution < 1.29 is 4.79 Å². The number of hydrogen-bond acceptors (Lipinski definition) is 3. The van der Waals surface area contributed by atoms with E-state index in [4.69, 9.17) is 5.26 Å². The van der Waals surface area contributed by atoms with Crippen LogP contribution in [0.1, 0.15) is 19.8 Å². The number of nitrogens with zero attached hydrogens (tertiary/aromatic N) is 3. The Balaban J connectivity index is 1.79. The van der Waals surface area contributed by atoms with E-state index in [0.29, 0.717) is 18.4 Å². The molecule has 4 nitrogen and oxygen atoms in total. The lowest BCUT2D eigenvalue weighted by Crippen LogP contribution is -2.50. The van der Waals surface area contributed by atoms with Crippen LogP contribution < -0.4 is 0 Å². The smallest absolute Gasteiger partial charge is 0.225 e. The highest BCUT2D eigenvalue weighted by Gasteiger charge is 2.35. The zero-order valence-corrected chi connectivity index (χ0v) is 9.85. The van der Waals surface area contributed by atoms with Gasteiger partial charge in [-0.3, -0.25) is 9.69 Å². The molecule has 1 heterocycles. The molecule has 2 aliphatic rings. The van der Waals surface area contributed by atoms with Gasteiger partial charge in [-0.2, -0.15) is 5.26 Å². The van der Waals surface area contributed by atoms with Gasteiger partial charge in [0, 0.05) is 32.1 Å². The van der Waals surface area contributed by atoms with E-state index in [1.807, 2.05) is 4.90 Å². The van der Waals surface area contributed by atoms with Gasteiger partial charge in [0.2, 0.25) is 5.91 Å². The first-order chi connectivity index (χ1) is 7.72. The predicted molar refractivity (Wildman–Crippen MR) is 60.5 cm³/mol. The van der Waals surface area contributed by atoms with Crippen molar-refractivity contribution in [2.24, 2.45) is 11.8 Å². The molecule has 2 rings (SSSR count). The first-order valence-corrected chi connectivity index (χ1v) is 6.10. The van der Waals surface area contributed by atoms with E-state index < -0.39 is 0 Å². The van der Waals surface area contributed by atoms with Crippen LogP contribution in [0.15, 0.2) is 0 Å². The topological polar surface area (TPSA) is 47.3 Å². The Hall–Kier alpha value is -1.08. The second-order valence-electron chi connectivity index (χ2n) is 4.89. The number of amides is 1. The van der Waals surface area contributed by atoms with Gasteiger partial charge < -0.3 is 4.90 Å². The van der Waals surface area contributed by atoms with Crippen molar-refractivity contribution in [3.05, 3.63) is 0 Å². The van der Waals surface area contributed by atoms with Gasteiger partial charge in [-0.05, 0) is 18.8 Å². The molecule has 1 amide bonds. The van der Waals surface area contributed by atoms with Crippen molar-refractivity contribution in [2.45, 2.75) is 19.8 Å². The largest absolute Gasteiger partial charge is 0.340 e. The van der Waals surface area contributed by atoms with Gasteiger partial charge in [-0.1, -0.05) is 6.92 Å². The summed E-state index contributed by atoms with van der Waals surface area (Å²) in [7, 11) is 0. The zero-order valence-electron chi connectivity index (χ0n) is 9.85. The number of hydrogen-bond donors (Lipinski definition) is 0. The van der Waals surface area contributed by atoms with E-state index in [9.17, 15) is 4.79 Å². The highest BCUT2D eigenvalue weighted by molar-refractivity contribution is 5.79. The number of nitriles is 1. The van der Waals surface area contributed by atoms with Crippen LogP contribution in [0.3, 0.4) is 0 Å². The van der Waals surface area contributed by atoms with Crippen molar-refractivity contribution in [2.75, 3.05) is 32.7 Å². The molecule has 88 valence electrons. The molecule has 1 saturated heterocycles. The molecule has 1 atom stereocenters. The van der Waals surface area contributed by atoms with Crippen LogP contribution in [0.4, 0.5) is 0 Å². The van der Waals surface area contributed by atoms with Gasteiger partial charge in [0.25, 0.3) is 0 Å². The molecule has 0 aromatic carbocycles. The molecule has 4 heteroatoms. The molecule has 1 aliphatic carbocycles. The second kappa shape index (κ2) is 4.84. The van der Waals surface area contributed by atoms with E-state index in [2.05, 4.69) is 17.9 Å². The van der Waals surface area contributed by atoms with Gasteiger partial charge in [0.05, 0.1) is 12.6 Å². The standard InChI is InChI=1S/C12H19N3O/c1-10(11-2-3-11)12(16)15-8-6-14(5-4-13)7-9-15/h10-11H,2-3,5-9H2,1H3.